The van der Waals surface area contributed by atoms with Crippen molar-refractivity contribution < 1.29 is 52.0 Å². The topological polar surface area (TPSA) is 152 Å². The van der Waals surface area contributed by atoms with Gasteiger partial charge in [-0.05, 0) is 71.7 Å². The lowest BCUT2D eigenvalue weighted by Crippen LogP contribution is -2.62. The van der Waals surface area contributed by atoms with Crippen molar-refractivity contribution in [1.82, 2.24) is 5.32 Å². The summed E-state index contributed by atoms with van der Waals surface area (Å²) >= 11 is 0. The van der Waals surface area contributed by atoms with Gasteiger partial charge >= 0.3 is 19.8 Å². The summed E-state index contributed by atoms with van der Waals surface area (Å²) in [5.74, 6) is -1.72. The van der Waals surface area contributed by atoms with Crippen LogP contribution in [0.3, 0.4) is 0 Å². The van der Waals surface area contributed by atoms with Crippen LogP contribution in [0.1, 0.15) is 103 Å². The summed E-state index contributed by atoms with van der Waals surface area (Å²) < 4.78 is 30.2. The van der Waals surface area contributed by atoms with Crippen molar-refractivity contribution in [2.45, 2.75) is 122 Å². The van der Waals surface area contributed by atoms with Gasteiger partial charge in [0.05, 0.1) is 44.4 Å². The first-order valence-electron chi connectivity index (χ1n) is 18.7. The first-order chi connectivity index (χ1) is 24.3. The Morgan fingerprint density at radius 2 is 1.62 bits per heavy atom. The van der Waals surface area contributed by atoms with E-state index in [1.807, 2.05) is 65.0 Å². The van der Waals surface area contributed by atoms with E-state index in [1.165, 1.54) is 6.07 Å². The molecule has 4 N–H and O–H groups in total. The molecule has 13 heteroatoms. The van der Waals surface area contributed by atoms with E-state index < -0.39 is 31.8 Å². The van der Waals surface area contributed by atoms with Gasteiger partial charge in [0.1, 0.15) is 30.9 Å². The quantitative estimate of drug-likeness (QED) is 0.0947. The summed E-state index contributed by atoms with van der Waals surface area (Å²) in [6.07, 6.45) is 2.84. The molecular weight excluding hydrogens is 685 g/mol. The van der Waals surface area contributed by atoms with Gasteiger partial charge in [0, 0.05) is 43.3 Å². The average Bonchev–Trinajstić information content (AvgIpc) is 3.23. The molecule has 0 amide bonds. The fourth-order valence-corrected chi connectivity index (χ4v) is 8.49. The maximum Gasteiger partial charge on any atom is 0.524 e. The molecule has 2 bridgehead atoms. The van der Waals surface area contributed by atoms with Gasteiger partial charge in [-0.3, -0.25) is 14.6 Å². The number of carbonyl (C=O) groups is 2. The lowest BCUT2D eigenvalue weighted by molar-refractivity contribution is -0.968. The molecule has 4 unspecified atom stereocenters. The molecule has 2 heterocycles. The number of fused-ring (bicyclic) bond motifs is 2. The van der Waals surface area contributed by atoms with Gasteiger partial charge in [0.25, 0.3) is 0 Å². The number of rotatable bonds is 17. The third kappa shape index (κ3) is 10.6. The Hall–Kier alpha value is -2.83. The number of esters is 2. The lowest BCUT2D eigenvalue weighted by atomic mass is 9.94. The molecule has 4 atom stereocenters. The number of hydrogen-bond donors (Lipinski definition) is 4. The Labute approximate surface area is 309 Å². The first kappa shape index (κ1) is 41.9. The van der Waals surface area contributed by atoms with Crippen LogP contribution in [0.2, 0.25) is 0 Å². The van der Waals surface area contributed by atoms with Crippen LogP contribution in [0.5, 0.6) is 5.75 Å². The van der Waals surface area contributed by atoms with Crippen molar-refractivity contribution in [3.05, 3.63) is 65.2 Å². The highest BCUT2D eigenvalue weighted by Gasteiger charge is 2.54. The number of aliphatic hydroxyl groups is 1. The Bertz CT molecular complexity index is 1540. The van der Waals surface area contributed by atoms with Gasteiger partial charge in [0.2, 0.25) is 0 Å². The lowest BCUT2D eigenvalue weighted by Gasteiger charge is -2.49. The molecule has 0 aliphatic carbocycles. The molecule has 52 heavy (non-hydrogen) atoms. The molecule has 2 aromatic rings. The molecule has 0 spiro atoms. The van der Waals surface area contributed by atoms with Gasteiger partial charge in [-0.15, -0.1) is 0 Å². The molecule has 2 aromatic carbocycles. The minimum absolute atomic E-state index is 0.0265. The van der Waals surface area contributed by atoms with Crippen molar-refractivity contribution >= 4 is 19.8 Å². The first-order valence-corrected chi connectivity index (χ1v) is 20.2. The zero-order valence-corrected chi connectivity index (χ0v) is 33.2. The van der Waals surface area contributed by atoms with Gasteiger partial charge in [-0.2, -0.15) is 0 Å². The van der Waals surface area contributed by atoms with Crippen molar-refractivity contribution in [1.29, 1.82) is 0 Å². The van der Waals surface area contributed by atoms with Crippen molar-refractivity contribution in [2.24, 2.45) is 0 Å². The zero-order valence-electron chi connectivity index (χ0n) is 32.3. The number of phosphoric ester groups is 1. The number of aliphatic hydroxyl groups excluding tert-OH is 1. The second-order valence-electron chi connectivity index (χ2n) is 16.3. The number of ether oxygens (including phenoxy) is 2. The SMILES string of the molecule is CC[N+](CC)(CC(=O)OCC(C(=O)OC1CC2CCC(C1)[N+]2(C)C(C)C)c1ccccc1)Cc1cc(C(O)CNC(C)(C)C)ccc1OP(=O)(O)O. The van der Waals surface area contributed by atoms with Crippen LogP contribution in [0.4, 0.5) is 0 Å². The molecule has 2 fully saturated rings. The van der Waals surface area contributed by atoms with Crippen molar-refractivity contribution in [2.75, 3.05) is 39.8 Å². The van der Waals surface area contributed by atoms with Crippen LogP contribution in [0.15, 0.2) is 48.5 Å². The molecule has 290 valence electrons. The summed E-state index contributed by atoms with van der Waals surface area (Å²) in [7, 11) is -2.57. The van der Waals surface area contributed by atoms with Gasteiger partial charge in [-0.1, -0.05) is 36.4 Å². The smallest absolute Gasteiger partial charge is 0.461 e. The Balaban J connectivity index is 1.49. The predicted octanol–water partition coefficient (Wildman–Crippen LogP) is 5.35. The number of hydrogen-bond acceptors (Lipinski definition) is 8. The number of carbonyl (C=O) groups excluding carboxylic acids is 2. The molecule has 0 aromatic heterocycles. The van der Waals surface area contributed by atoms with Gasteiger partial charge in [-0.25, -0.2) is 9.36 Å². The summed E-state index contributed by atoms with van der Waals surface area (Å²) in [5, 5.41) is 14.2. The minimum Gasteiger partial charge on any atom is -0.461 e. The number of nitrogens with one attached hydrogen (secondary N) is 1. The van der Waals surface area contributed by atoms with E-state index in [2.05, 4.69) is 26.2 Å². The summed E-state index contributed by atoms with van der Waals surface area (Å²) in [6.45, 7) is 15.5. The second-order valence-corrected chi connectivity index (χ2v) is 17.4. The van der Waals surface area contributed by atoms with Crippen LogP contribution in [0.25, 0.3) is 0 Å². The highest BCUT2D eigenvalue weighted by atomic mass is 31.2. The van der Waals surface area contributed by atoms with E-state index in [4.69, 9.17) is 14.0 Å². The van der Waals surface area contributed by atoms with Crippen LogP contribution in [0, 0.1) is 0 Å². The summed E-state index contributed by atoms with van der Waals surface area (Å²) in [4.78, 5) is 46.7. The van der Waals surface area contributed by atoms with E-state index in [9.17, 15) is 29.0 Å². The number of phosphoric acid groups is 1. The minimum atomic E-state index is -4.91. The van der Waals surface area contributed by atoms with Crippen LogP contribution >= 0.6 is 7.82 Å². The van der Waals surface area contributed by atoms with Gasteiger partial charge in [0.15, 0.2) is 6.54 Å². The number of quaternary nitrogens is 2. The van der Waals surface area contributed by atoms with Crippen LogP contribution < -0.4 is 9.84 Å². The molecule has 2 saturated heterocycles. The number of piperidine rings is 1. The Morgan fingerprint density at radius 3 is 2.15 bits per heavy atom. The second kappa shape index (κ2) is 17.1. The highest BCUT2D eigenvalue weighted by molar-refractivity contribution is 7.46. The number of likely N-dealkylation sites (N-methyl/N-ethyl adjacent to an activating group) is 1. The highest BCUT2D eigenvalue weighted by Crippen LogP contribution is 2.44. The van der Waals surface area contributed by atoms with Crippen molar-refractivity contribution in [3.63, 3.8) is 0 Å². The Morgan fingerprint density at radius 1 is 1.00 bits per heavy atom. The molecule has 4 rings (SSSR count). The van der Waals surface area contributed by atoms with Gasteiger partial charge < -0.3 is 33.4 Å². The van der Waals surface area contributed by atoms with E-state index in [1.54, 1.807) is 12.1 Å². The predicted molar refractivity (Wildman–Crippen MR) is 199 cm³/mol. The van der Waals surface area contributed by atoms with Crippen LogP contribution in [-0.2, 0) is 30.2 Å². The molecular formula is C39H62N3O9P+2. The number of nitrogens with zero attached hydrogens (tertiary/aromatic N) is 2. The normalized spacial score (nSPS) is 23.3. The number of benzene rings is 2. The van der Waals surface area contributed by atoms with E-state index in [-0.39, 0.29) is 48.1 Å². The third-order valence-corrected chi connectivity index (χ3v) is 12.0. The molecule has 0 saturated carbocycles. The monoisotopic (exact) mass is 747 g/mol. The Kier molecular flexibility index (Phi) is 13.8. The van der Waals surface area contributed by atoms with Crippen LogP contribution in [-0.4, -0.2) is 105 Å². The molecule has 2 aliphatic rings. The van der Waals surface area contributed by atoms with E-state index in [0.717, 1.165) is 30.2 Å². The van der Waals surface area contributed by atoms with E-state index in [0.29, 0.717) is 47.9 Å². The number of β-amino-alcohol motifs (C(OH)–C–C–N with tert-alkyl or cyclic N) is 1. The largest absolute Gasteiger partial charge is 0.524 e. The average molecular weight is 748 g/mol. The molecule has 12 nitrogen and oxygen atoms in total. The van der Waals surface area contributed by atoms with Crippen molar-refractivity contribution in [3.8, 4) is 5.75 Å². The summed E-state index contributed by atoms with van der Waals surface area (Å²) in [5.41, 5.74) is 1.46. The van der Waals surface area contributed by atoms with E-state index >= 15 is 0 Å². The maximum absolute atomic E-state index is 13.8. The standard InChI is InChI=1S/C39H60N3O9P/c1-9-42(10-2,24-30-20-29(35(43)23-40-39(5,6)7)16-19-36(30)51-52(46,47)48)25-37(44)49-26-34(28-14-12-11-13-15-28)38(45)50-33-21-31-17-18-32(22-33)41(31,8)27(3)4/h11-16,19-20,27,31-35,40,43H,9-10,17-18,21-26H2,1-8H3/p+2. The zero-order chi connectivity index (χ0) is 38.5. The third-order valence-electron chi connectivity index (χ3n) is 11.6. The fraction of sp³-hybridized carbons (Fsp3) is 0.641. The fourth-order valence-electron chi connectivity index (χ4n) is 8.06. The summed E-state index contributed by atoms with van der Waals surface area (Å²) in [6, 6.07) is 15.4. The molecule has 2 aliphatic heterocycles. The molecule has 0 radical (unpaired) electrons. The maximum atomic E-state index is 13.8.